The Balaban J connectivity index is 1.63. The number of nitrogens with zero attached hydrogens (tertiary/aromatic N) is 3. The number of thiocarbonyl (C=S) groups is 3. The Morgan fingerprint density at radius 2 is 0.881 bits per heavy atom. The molecule has 15 heteroatoms. The third kappa shape index (κ3) is 17.2. The van der Waals surface area contributed by atoms with Gasteiger partial charge in [-0.25, -0.2) is 13.1 Å². The first kappa shape index (κ1) is 49.2. The third-order valence-corrected chi connectivity index (χ3v) is 13.8. The molecule has 0 saturated heterocycles. The van der Waals surface area contributed by atoms with E-state index in [1.165, 1.54) is 35.3 Å². The summed E-state index contributed by atoms with van der Waals surface area (Å²) >= 11 is 20.3. The third-order valence-electron chi connectivity index (χ3n) is 8.82. The fourth-order valence-corrected chi connectivity index (χ4v) is 9.76. The molecule has 308 valence electrons. The van der Waals surface area contributed by atoms with Crippen molar-refractivity contribution in [2.45, 2.75) is 80.7 Å². The van der Waals surface area contributed by atoms with Crippen molar-refractivity contribution in [1.82, 2.24) is 0 Å². The molecule has 0 amide bonds. The van der Waals surface area contributed by atoms with Crippen LogP contribution < -0.4 is 0 Å². The molecule has 9 nitrogen and oxygen atoms in total. The van der Waals surface area contributed by atoms with Crippen LogP contribution in [-0.2, 0) is 28.6 Å². The molecule has 59 heavy (non-hydrogen) atoms. The van der Waals surface area contributed by atoms with Gasteiger partial charge in [-0.15, -0.1) is 0 Å². The van der Waals surface area contributed by atoms with Gasteiger partial charge in [0.05, 0.1) is 36.9 Å². The second-order valence-corrected chi connectivity index (χ2v) is 21.0. The van der Waals surface area contributed by atoms with Crippen molar-refractivity contribution >= 4 is 102 Å². The van der Waals surface area contributed by atoms with Gasteiger partial charge in [0.2, 0.25) is 0 Å². The molecule has 0 saturated carbocycles. The van der Waals surface area contributed by atoms with Gasteiger partial charge in [0.15, 0.2) is 0 Å². The highest BCUT2D eigenvalue weighted by Gasteiger charge is 2.37. The lowest BCUT2D eigenvalue weighted by molar-refractivity contribution is -0.160. The van der Waals surface area contributed by atoms with Crippen molar-refractivity contribution in [1.29, 1.82) is 5.26 Å². The lowest BCUT2D eigenvalue weighted by Crippen LogP contribution is -2.37. The van der Waals surface area contributed by atoms with E-state index in [9.17, 15) is 19.6 Å². The van der Waals surface area contributed by atoms with Crippen molar-refractivity contribution in [3.63, 3.8) is 0 Å². The Morgan fingerprint density at radius 1 is 0.576 bits per heavy atom. The van der Waals surface area contributed by atoms with E-state index in [0.29, 0.717) is 12.6 Å². The highest BCUT2D eigenvalue weighted by Crippen LogP contribution is 2.37. The number of hydrogen-bond acceptors (Lipinski definition) is 13. The first-order chi connectivity index (χ1) is 28.0. The minimum Gasteiger partial charge on any atom is -0.465 e. The van der Waals surface area contributed by atoms with Crippen LogP contribution in [0.15, 0.2) is 91.0 Å². The molecule has 3 rings (SSSR count). The predicted molar refractivity (Wildman–Crippen MR) is 250 cm³/mol. The summed E-state index contributed by atoms with van der Waals surface area (Å²) in [6, 6.07) is 30.2. The fourth-order valence-electron chi connectivity index (χ4n) is 5.01. The summed E-state index contributed by atoms with van der Waals surface area (Å²) in [5.74, 6) is -1.78. The van der Waals surface area contributed by atoms with Gasteiger partial charge in [-0.05, 0) is 60.5 Å². The lowest BCUT2D eigenvalue weighted by atomic mass is 9.94. The number of nitriles is 1. The lowest BCUT2D eigenvalue weighted by Gasteiger charge is -2.28. The van der Waals surface area contributed by atoms with Gasteiger partial charge in [-0.2, -0.15) is 5.26 Å². The maximum Gasteiger partial charge on any atom is 0.306 e. The molecule has 0 N–H and O–H groups in total. The largest absolute Gasteiger partial charge is 0.465 e. The second kappa shape index (κ2) is 23.6. The molecule has 3 unspecified atom stereocenters. The number of esters is 3. The van der Waals surface area contributed by atoms with Crippen LogP contribution in [0.4, 0.5) is 0 Å². The van der Waals surface area contributed by atoms with E-state index >= 15 is 0 Å². The van der Waals surface area contributed by atoms with Crippen molar-refractivity contribution in [2.24, 2.45) is 5.41 Å². The molecule has 3 aromatic carbocycles. The van der Waals surface area contributed by atoms with Crippen molar-refractivity contribution < 1.29 is 28.6 Å². The number of thioether (sulfide) groups is 3. The number of ether oxygens (including phenoxy) is 3. The Hall–Kier alpha value is -4.14. The van der Waals surface area contributed by atoms with Crippen LogP contribution in [0.3, 0.4) is 0 Å². The van der Waals surface area contributed by atoms with E-state index in [1.54, 1.807) is 27.7 Å². The van der Waals surface area contributed by atoms with Gasteiger partial charge < -0.3 is 14.2 Å². The van der Waals surface area contributed by atoms with E-state index in [2.05, 4.69) is 15.8 Å². The van der Waals surface area contributed by atoms with Crippen molar-refractivity contribution in [3.05, 3.63) is 131 Å². The minimum absolute atomic E-state index is 0.0914. The summed E-state index contributed by atoms with van der Waals surface area (Å²) < 4.78 is 17.5. The number of benzene rings is 3. The van der Waals surface area contributed by atoms with Crippen LogP contribution in [0, 0.1) is 29.9 Å². The monoisotopic (exact) mass is 903 g/mol. The Labute approximate surface area is 376 Å². The first-order valence-corrected chi connectivity index (χ1v) is 22.1. The standard InChI is InChI=1S/C44H45N3O6S6/c1-41(29-51-35(48)22-25-42(2,28-45)57-38(54)32-16-10-7-11-17-32,30-52-36(49)23-26-43(3,46-5)58-39(55)33-18-12-8-13-19-33)31-53-37(50)24-27-44(4,47-6)59-40(56)34-20-14-9-15-21-34/h7-21H,22-27,29-31H2,1-4H3. The second-order valence-electron chi connectivity index (χ2n) is 14.5. The van der Waals surface area contributed by atoms with Crippen LogP contribution in [0.1, 0.15) is 82.9 Å². The van der Waals surface area contributed by atoms with E-state index < -0.39 is 37.8 Å². The van der Waals surface area contributed by atoms with Gasteiger partial charge in [0.25, 0.3) is 9.74 Å². The number of carbonyl (C=O) groups is 3. The Bertz CT molecular complexity index is 1850. The zero-order valence-corrected chi connectivity index (χ0v) is 38.2. The minimum atomic E-state index is -1.16. The van der Waals surface area contributed by atoms with E-state index in [-0.39, 0.29) is 58.3 Å². The number of carbonyl (C=O) groups excluding carboxylic acids is 3. The first-order valence-electron chi connectivity index (χ1n) is 18.5. The molecule has 0 radical (unpaired) electrons. The summed E-state index contributed by atoms with van der Waals surface area (Å²) in [7, 11) is 0. The molecule has 0 aliphatic heterocycles. The summed E-state index contributed by atoms with van der Waals surface area (Å²) in [6.45, 7) is 21.6. The molecule has 3 aromatic rings. The molecule has 0 heterocycles. The molecule has 0 spiro atoms. The van der Waals surface area contributed by atoms with Gasteiger partial charge in [-0.3, -0.25) is 24.1 Å². The molecular formula is C44H45N3O6S6. The average Bonchev–Trinajstić information content (AvgIpc) is 3.25. The van der Waals surface area contributed by atoms with E-state index in [0.717, 1.165) is 16.7 Å². The van der Waals surface area contributed by atoms with Crippen LogP contribution in [0.25, 0.3) is 9.69 Å². The SMILES string of the molecule is [C-]#[N+]C(C)(CCC(=O)OCC(C)(COC(=O)CCC(C)(C#N)SC(=S)c1ccccc1)COC(=O)CCC(C)([N+]#[C-])SC(=S)c1ccccc1)SC(=S)c1ccccc1. The maximum absolute atomic E-state index is 13.1. The smallest absolute Gasteiger partial charge is 0.306 e. The quantitative estimate of drug-likeness (QED) is 0.0438. The number of rotatable bonds is 21. The van der Waals surface area contributed by atoms with Crippen LogP contribution in [0.2, 0.25) is 0 Å². The summed E-state index contributed by atoms with van der Waals surface area (Å²) in [6.07, 6.45) is 0.181. The van der Waals surface area contributed by atoms with E-state index in [1.807, 2.05) is 91.0 Å². The Morgan fingerprint density at radius 3 is 1.19 bits per heavy atom. The zero-order chi connectivity index (χ0) is 43.5. The van der Waals surface area contributed by atoms with Gasteiger partial charge in [0.1, 0.15) is 24.6 Å². The summed E-state index contributed by atoms with van der Waals surface area (Å²) in [5.41, 5.74) is 1.26. The normalized spacial score (nSPS) is 14.8. The maximum atomic E-state index is 13.1. The van der Waals surface area contributed by atoms with E-state index in [4.69, 9.17) is 64.0 Å². The van der Waals surface area contributed by atoms with Gasteiger partial charge in [-0.1, -0.05) is 139 Å². The molecule has 0 fully saturated rings. The fraction of sp³-hybridized carbons (Fsp3) is 0.386. The predicted octanol–water partition coefficient (Wildman–Crippen LogP) is 10.8. The van der Waals surface area contributed by atoms with Gasteiger partial charge >= 0.3 is 17.9 Å². The molecule has 0 aliphatic carbocycles. The highest BCUT2D eigenvalue weighted by atomic mass is 32.2. The van der Waals surface area contributed by atoms with Crippen molar-refractivity contribution in [3.8, 4) is 6.07 Å². The van der Waals surface area contributed by atoms with Crippen LogP contribution in [-0.4, -0.2) is 64.8 Å². The van der Waals surface area contributed by atoms with Gasteiger partial charge in [0, 0.05) is 33.1 Å². The zero-order valence-electron chi connectivity index (χ0n) is 33.3. The molecule has 0 aromatic heterocycles. The molecule has 3 atom stereocenters. The topological polar surface area (TPSA) is 111 Å². The Kier molecular flexibility index (Phi) is 19.7. The highest BCUT2D eigenvalue weighted by molar-refractivity contribution is 8.25. The number of hydrogen-bond donors (Lipinski definition) is 0. The summed E-state index contributed by atoms with van der Waals surface area (Å²) in [4.78, 5) is 44.7. The summed E-state index contributed by atoms with van der Waals surface area (Å²) in [5, 5.41) is 9.98. The van der Waals surface area contributed by atoms with Crippen LogP contribution >= 0.6 is 71.9 Å². The molecule has 0 aliphatic rings. The molecular weight excluding hydrogens is 859 g/mol. The molecule has 0 bridgehead atoms. The average molecular weight is 904 g/mol. The van der Waals surface area contributed by atoms with Crippen LogP contribution in [0.5, 0.6) is 0 Å². The van der Waals surface area contributed by atoms with Crippen molar-refractivity contribution in [2.75, 3.05) is 19.8 Å².